The molecule has 0 saturated carbocycles. The number of quaternary nitrogens is 1. The van der Waals surface area contributed by atoms with E-state index in [1.165, 1.54) is 115 Å². The first kappa shape index (κ1) is 30.8. The highest BCUT2D eigenvalue weighted by molar-refractivity contribution is 5.17. The minimum Gasteiger partial charge on any atom is -0.316 e. The van der Waals surface area contributed by atoms with Gasteiger partial charge in [-0.3, -0.25) is 0 Å². The van der Waals surface area contributed by atoms with Gasteiger partial charge in [0.25, 0.3) is 0 Å². The average molecular weight is 474 g/mol. The average Bonchev–Trinajstić information content (AvgIpc) is 2.88. The third kappa shape index (κ3) is 13.0. The Bertz CT molecular complexity index is 570. The summed E-state index contributed by atoms with van der Waals surface area (Å²) in [5.74, 6) is 0. The summed E-state index contributed by atoms with van der Waals surface area (Å²) in [4.78, 5) is 10.9. The Labute approximate surface area is 212 Å². The zero-order chi connectivity index (χ0) is 24.7. The van der Waals surface area contributed by atoms with Crippen molar-refractivity contribution < 1.29 is 4.48 Å². The van der Waals surface area contributed by atoms with E-state index >= 15 is 0 Å². The van der Waals surface area contributed by atoms with Crippen LogP contribution in [0.1, 0.15) is 142 Å². The van der Waals surface area contributed by atoms with Crippen molar-refractivity contribution in [3.63, 3.8) is 0 Å². The van der Waals surface area contributed by atoms with Crippen LogP contribution in [0, 0.1) is 4.91 Å². The van der Waals surface area contributed by atoms with E-state index in [4.69, 9.17) is 0 Å². The Kier molecular flexibility index (Phi) is 19.1. The maximum atomic E-state index is 10.9. The van der Waals surface area contributed by atoms with E-state index in [9.17, 15) is 4.91 Å². The van der Waals surface area contributed by atoms with Gasteiger partial charge in [-0.1, -0.05) is 139 Å². The molecule has 1 aromatic rings. The molecule has 1 unspecified atom stereocenters. The summed E-state index contributed by atoms with van der Waals surface area (Å²) < 4.78 is 0.981. The molecule has 1 aromatic carbocycles. The second kappa shape index (κ2) is 21.1. The molecule has 0 saturated heterocycles. The number of unbranched alkanes of at least 4 members (excludes halogenated alkanes) is 15. The monoisotopic (exact) mass is 473 g/mol. The molecule has 0 N–H and O–H groups in total. The van der Waals surface area contributed by atoms with Crippen LogP contribution in [0.4, 0.5) is 0 Å². The van der Waals surface area contributed by atoms with Crippen molar-refractivity contribution in [3.05, 3.63) is 40.8 Å². The van der Waals surface area contributed by atoms with Gasteiger partial charge in [-0.2, -0.15) is 4.91 Å². The lowest BCUT2D eigenvalue weighted by molar-refractivity contribution is -0.953. The summed E-state index contributed by atoms with van der Waals surface area (Å²) in [6, 6.07) is 11.5. The van der Waals surface area contributed by atoms with Crippen molar-refractivity contribution in [1.29, 1.82) is 0 Å². The predicted octanol–water partition coefficient (Wildman–Crippen LogP) is 10.0. The summed E-state index contributed by atoms with van der Waals surface area (Å²) >= 11 is 0. The fourth-order valence-corrected chi connectivity index (χ4v) is 5.69. The second-order valence-electron chi connectivity index (χ2n) is 10.4. The Morgan fingerprint density at radius 3 is 1.50 bits per heavy atom. The van der Waals surface area contributed by atoms with Crippen LogP contribution in [0.2, 0.25) is 0 Å². The lowest BCUT2D eigenvalue weighted by Gasteiger charge is -2.44. The first-order valence-corrected chi connectivity index (χ1v) is 14.9. The Balaban J connectivity index is 2.21. The van der Waals surface area contributed by atoms with Crippen LogP contribution >= 0.6 is 0 Å². The number of nitroso groups, excluding NO2 is 1. The van der Waals surface area contributed by atoms with Crippen molar-refractivity contribution in [2.75, 3.05) is 26.2 Å². The second-order valence-corrected chi connectivity index (χ2v) is 10.4. The Morgan fingerprint density at radius 1 is 0.647 bits per heavy atom. The van der Waals surface area contributed by atoms with Gasteiger partial charge >= 0.3 is 0 Å². The van der Waals surface area contributed by atoms with Crippen LogP contribution in [-0.4, -0.2) is 30.7 Å². The summed E-state index contributed by atoms with van der Waals surface area (Å²) in [6.07, 6.45) is 23.8. The standard InChI is InChI=1S/C31H57N2O/c1-4-7-8-9-10-11-12-13-14-15-16-17-18-19-20-24-27-31(30-25-22-21-23-26-30)33(5-2,6-3)29-28-32-34/h21-23,25-26,31H,4-20,24,27-29H2,1-3H3/q+1. The van der Waals surface area contributed by atoms with Crippen LogP contribution < -0.4 is 0 Å². The highest BCUT2D eigenvalue weighted by atomic mass is 16.3. The van der Waals surface area contributed by atoms with Gasteiger partial charge in [-0.05, 0) is 20.3 Å². The number of rotatable bonds is 24. The topological polar surface area (TPSA) is 29.4 Å². The van der Waals surface area contributed by atoms with Gasteiger partial charge in [0.1, 0.15) is 19.1 Å². The molecule has 0 bridgehead atoms. The van der Waals surface area contributed by atoms with Gasteiger partial charge < -0.3 is 4.48 Å². The van der Waals surface area contributed by atoms with Crippen LogP contribution in [0.15, 0.2) is 35.5 Å². The predicted molar refractivity (Wildman–Crippen MR) is 150 cm³/mol. The van der Waals surface area contributed by atoms with Crippen molar-refractivity contribution in [2.45, 2.75) is 136 Å². The van der Waals surface area contributed by atoms with Gasteiger partial charge in [-0.25, -0.2) is 0 Å². The fraction of sp³-hybridized carbons (Fsp3) is 0.806. The highest BCUT2D eigenvalue weighted by Gasteiger charge is 2.34. The van der Waals surface area contributed by atoms with E-state index in [-0.39, 0.29) is 0 Å². The zero-order valence-electron chi connectivity index (χ0n) is 23.1. The van der Waals surface area contributed by atoms with Crippen molar-refractivity contribution in [2.24, 2.45) is 5.18 Å². The zero-order valence-corrected chi connectivity index (χ0v) is 23.1. The van der Waals surface area contributed by atoms with Gasteiger partial charge in [0, 0.05) is 12.0 Å². The molecule has 0 aliphatic heterocycles. The largest absolute Gasteiger partial charge is 0.316 e. The summed E-state index contributed by atoms with van der Waals surface area (Å²) in [7, 11) is 0. The maximum absolute atomic E-state index is 10.9. The summed E-state index contributed by atoms with van der Waals surface area (Å²) in [5.41, 5.74) is 1.43. The van der Waals surface area contributed by atoms with E-state index in [0.29, 0.717) is 12.6 Å². The molecule has 1 rings (SSSR count). The van der Waals surface area contributed by atoms with Gasteiger partial charge in [0.2, 0.25) is 0 Å². The molecule has 3 heteroatoms. The molecule has 34 heavy (non-hydrogen) atoms. The molecule has 0 aromatic heterocycles. The summed E-state index contributed by atoms with van der Waals surface area (Å²) in [5, 5.41) is 3.21. The number of hydrogen-bond acceptors (Lipinski definition) is 2. The molecule has 0 fully saturated rings. The van der Waals surface area contributed by atoms with Crippen LogP contribution in [0.25, 0.3) is 0 Å². The SMILES string of the molecule is CCCCCCCCCCCCCCCCCCC(c1ccccc1)[N+](CC)(CC)CCN=O. The van der Waals surface area contributed by atoms with Gasteiger partial charge in [-0.15, -0.1) is 0 Å². The van der Waals surface area contributed by atoms with Crippen LogP contribution in [0.5, 0.6) is 0 Å². The third-order valence-electron chi connectivity index (χ3n) is 8.07. The Morgan fingerprint density at radius 2 is 1.09 bits per heavy atom. The van der Waals surface area contributed by atoms with E-state index < -0.39 is 0 Å². The third-order valence-corrected chi connectivity index (χ3v) is 8.07. The van der Waals surface area contributed by atoms with E-state index in [1.54, 1.807) is 0 Å². The van der Waals surface area contributed by atoms with E-state index in [1.807, 2.05) is 0 Å². The number of nitrogens with zero attached hydrogens (tertiary/aromatic N) is 2. The normalized spacial score (nSPS) is 12.7. The minimum absolute atomic E-state index is 0.421. The van der Waals surface area contributed by atoms with E-state index in [0.717, 1.165) is 24.1 Å². The Hall–Kier alpha value is -1.22. The number of likely N-dealkylation sites (N-methyl/N-ethyl adjacent to an activating group) is 1. The lowest BCUT2D eigenvalue weighted by atomic mass is 9.95. The summed E-state index contributed by atoms with van der Waals surface area (Å²) in [6.45, 7) is 10.2. The minimum atomic E-state index is 0.421. The van der Waals surface area contributed by atoms with Crippen LogP contribution in [0.3, 0.4) is 0 Å². The maximum Gasteiger partial charge on any atom is 0.130 e. The molecule has 1 atom stereocenters. The first-order chi connectivity index (χ1) is 16.7. The van der Waals surface area contributed by atoms with Crippen molar-refractivity contribution in [3.8, 4) is 0 Å². The van der Waals surface area contributed by atoms with Gasteiger partial charge in [0.05, 0.1) is 13.1 Å². The molecular formula is C31H57N2O+. The molecule has 0 aliphatic rings. The smallest absolute Gasteiger partial charge is 0.130 e. The number of benzene rings is 1. The molecule has 0 spiro atoms. The molecule has 0 amide bonds. The first-order valence-electron chi connectivity index (χ1n) is 14.9. The molecule has 0 aliphatic carbocycles. The molecular weight excluding hydrogens is 416 g/mol. The molecule has 3 nitrogen and oxygen atoms in total. The highest BCUT2D eigenvalue weighted by Crippen LogP contribution is 2.33. The lowest BCUT2D eigenvalue weighted by Crippen LogP contribution is -2.52. The van der Waals surface area contributed by atoms with Crippen molar-refractivity contribution >= 4 is 0 Å². The molecule has 196 valence electrons. The molecule has 0 radical (unpaired) electrons. The number of hydrogen-bond donors (Lipinski definition) is 0. The fourth-order valence-electron chi connectivity index (χ4n) is 5.69. The van der Waals surface area contributed by atoms with Gasteiger partial charge in [0.15, 0.2) is 0 Å². The van der Waals surface area contributed by atoms with Crippen molar-refractivity contribution in [1.82, 2.24) is 0 Å². The van der Waals surface area contributed by atoms with E-state index in [2.05, 4.69) is 56.3 Å². The van der Waals surface area contributed by atoms with Crippen LogP contribution in [-0.2, 0) is 0 Å². The quantitative estimate of drug-likeness (QED) is 0.0834. The molecule has 0 heterocycles.